The highest BCUT2D eigenvalue weighted by molar-refractivity contribution is 7.99. The first kappa shape index (κ1) is 8.88. The van der Waals surface area contributed by atoms with Gasteiger partial charge in [0.15, 0.2) is 11.0 Å². The van der Waals surface area contributed by atoms with Gasteiger partial charge in [0.25, 0.3) is 0 Å². The van der Waals surface area contributed by atoms with Crippen molar-refractivity contribution >= 4 is 17.7 Å². The lowest BCUT2D eigenvalue weighted by atomic mass is 10.6. The second-order valence-electron chi connectivity index (χ2n) is 2.27. The van der Waals surface area contributed by atoms with E-state index in [1.807, 2.05) is 0 Å². The van der Waals surface area contributed by atoms with Gasteiger partial charge in [-0.1, -0.05) is 0 Å². The SMILES string of the molecule is Nc1ncc(F)c(Sc2ncn[nH]2)n1. The van der Waals surface area contributed by atoms with E-state index >= 15 is 0 Å². The van der Waals surface area contributed by atoms with Crippen LogP contribution in [0.3, 0.4) is 0 Å². The molecule has 0 saturated heterocycles. The molecule has 2 heterocycles. The summed E-state index contributed by atoms with van der Waals surface area (Å²) < 4.78 is 13.1. The lowest BCUT2D eigenvalue weighted by Crippen LogP contribution is -1.97. The molecule has 0 unspecified atom stereocenters. The van der Waals surface area contributed by atoms with E-state index in [2.05, 4.69) is 25.1 Å². The van der Waals surface area contributed by atoms with Crippen LogP contribution in [0.1, 0.15) is 0 Å². The van der Waals surface area contributed by atoms with Gasteiger partial charge in [0, 0.05) is 0 Å². The number of aromatic amines is 1. The maximum atomic E-state index is 13.1. The smallest absolute Gasteiger partial charge is 0.221 e. The monoisotopic (exact) mass is 212 g/mol. The van der Waals surface area contributed by atoms with Crippen molar-refractivity contribution in [1.82, 2.24) is 25.1 Å². The predicted octanol–water partition coefficient (Wildman–Crippen LogP) is 0.467. The van der Waals surface area contributed by atoms with E-state index in [0.717, 1.165) is 18.0 Å². The van der Waals surface area contributed by atoms with Crippen molar-refractivity contribution in [1.29, 1.82) is 0 Å². The summed E-state index contributed by atoms with van der Waals surface area (Å²) in [6, 6.07) is 0. The Balaban J connectivity index is 2.28. The minimum absolute atomic E-state index is 0.0217. The predicted molar refractivity (Wildman–Crippen MR) is 46.9 cm³/mol. The summed E-state index contributed by atoms with van der Waals surface area (Å²) >= 11 is 1.000. The third kappa shape index (κ3) is 1.79. The number of anilines is 1. The van der Waals surface area contributed by atoms with Crippen molar-refractivity contribution in [3.63, 3.8) is 0 Å². The van der Waals surface area contributed by atoms with Gasteiger partial charge < -0.3 is 5.73 Å². The average molecular weight is 212 g/mol. The zero-order valence-electron chi connectivity index (χ0n) is 6.81. The van der Waals surface area contributed by atoms with Crippen LogP contribution in [0.5, 0.6) is 0 Å². The number of H-pyrrole nitrogens is 1. The minimum atomic E-state index is -0.541. The minimum Gasteiger partial charge on any atom is -0.368 e. The number of hydrogen-bond acceptors (Lipinski definition) is 6. The number of nitrogens with zero attached hydrogens (tertiary/aromatic N) is 4. The molecule has 0 bridgehead atoms. The largest absolute Gasteiger partial charge is 0.368 e. The van der Waals surface area contributed by atoms with Gasteiger partial charge in [0.05, 0.1) is 6.20 Å². The summed E-state index contributed by atoms with van der Waals surface area (Å²) in [5.74, 6) is -0.519. The van der Waals surface area contributed by atoms with Gasteiger partial charge in [0.2, 0.25) is 5.95 Å². The van der Waals surface area contributed by atoms with Crippen LogP contribution in [0.15, 0.2) is 22.7 Å². The number of aromatic nitrogens is 5. The summed E-state index contributed by atoms with van der Waals surface area (Å²) in [7, 11) is 0. The van der Waals surface area contributed by atoms with Crippen LogP contribution in [-0.2, 0) is 0 Å². The third-order valence-corrected chi connectivity index (χ3v) is 2.19. The normalized spacial score (nSPS) is 10.4. The average Bonchev–Trinajstić information content (AvgIpc) is 2.64. The fourth-order valence-corrected chi connectivity index (χ4v) is 1.44. The first-order valence-corrected chi connectivity index (χ1v) is 4.38. The van der Waals surface area contributed by atoms with Crippen molar-refractivity contribution in [2.45, 2.75) is 10.2 Å². The van der Waals surface area contributed by atoms with E-state index in [1.165, 1.54) is 6.33 Å². The van der Waals surface area contributed by atoms with Crippen molar-refractivity contribution in [3.8, 4) is 0 Å². The summed E-state index contributed by atoms with van der Waals surface area (Å²) in [5.41, 5.74) is 5.31. The molecule has 0 fully saturated rings. The highest BCUT2D eigenvalue weighted by Crippen LogP contribution is 2.24. The van der Waals surface area contributed by atoms with E-state index in [4.69, 9.17) is 5.73 Å². The fourth-order valence-electron chi connectivity index (χ4n) is 0.771. The Labute approximate surface area is 82.2 Å². The molecule has 6 nitrogen and oxygen atoms in total. The van der Waals surface area contributed by atoms with Gasteiger partial charge in [-0.3, -0.25) is 5.10 Å². The molecule has 2 aromatic heterocycles. The lowest BCUT2D eigenvalue weighted by molar-refractivity contribution is 0.580. The molecule has 0 aliphatic rings. The summed E-state index contributed by atoms with van der Waals surface area (Å²) in [6.07, 6.45) is 2.34. The van der Waals surface area contributed by atoms with Crippen LogP contribution in [0.25, 0.3) is 0 Å². The van der Waals surface area contributed by atoms with Gasteiger partial charge >= 0.3 is 0 Å². The molecule has 14 heavy (non-hydrogen) atoms. The number of halogens is 1. The molecule has 2 aromatic rings. The molecule has 0 radical (unpaired) electrons. The van der Waals surface area contributed by atoms with Crippen LogP contribution in [0.4, 0.5) is 10.3 Å². The first-order valence-electron chi connectivity index (χ1n) is 3.57. The molecule has 3 N–H and O–H groups in total. The highest BCUT2D eigenvalue weighted by atomic mass is 32.2. The molecule has 0 aliphatic carbocycles. The molecule has 0 spiro atoms. The molecule has 72 valence electrons. The van der Waals surface area contributed by atoms with Gasteiger partial charge in [0.1, 0.15) is 11.4 Å². The molecular weight excluding hydrogens is 207 g/mol. The Hall–Kier alpha value is -1.70. The third-order valence-electron chi connectivity index (χ3n) is 1.32. The molecular formula is C6H5FN6S. The van der Waals surface area contributed by atoms with Crippen LogP contribution in [0.2, 0.25) is 0 Å². The number of nitrogens with two attached hydrogens (primary N) is 1. The number of nitrogens with one attached hydrogen (secondary N) is 1. The summed E-state index contributed by atoms with van der Waals surface area (Å²) in [5, 5.41) is 6.75. The van der Waals surface area contributed by atoms with Gasteiger partial charge in [-0.2, -0.15) is 5.10 Å². The molecule has 0 aliphatic heterocycles. The number of hydrogen-bond donors (Lipinski definition) is 2. The Morgan fingerprint density at radius 3 is 3.00 bits per heavy atom. The molecule has 0 aromatic carbocycles. The van der Waals surface area contributed by atoms with E-state index in [9.17, 15) is 4.39 Å². The molecule has 2 rings (SSSR count). The van der Waals surface area contributed by atoms with Gasteiger partial charge in [-0.15, -0.1) is 0 Å². The van der Waals surface area contributed by atoms with E-state index in [1.54, 1.807) is 0 Å². The maximum absolute atomic E-state index is 13.1. The first-order chi connectivity index (χ1) is 6.75. The molecule has 0 saturated carbocycles. The standard InChI is InChI=1S/C6H5FN6S/c7-3-1-9-5(8)12-4(3)14-6-10-2-11-13-6/h1-2H,(H2,8,9,12)(H,10,11,13). The molecule has 8 heteroatoms. The van der Waals surface area contributed by atoms with Crippen molar-refractivity contribution < 1.29 is 4.39 Å². The quantitative estimate of drug-likeness (QED) is 0.703. The Morgan fingerprint density at radius 1 is 1.43 bits per heavy atom. The summed E-state index contributed by atoms with van der Waals surface area (Å²) in [4.78, 5) is 11.0. The van der Waals surface area contributed by atoms with E-state index in [0.29, 0.717) is 5.16 Å². The lowest BCUT2D eigenvalue weighted by Gasteiger charge is -1.98. The zero-order valence-corrected chi connectivity index (χ0v) is 7.62. The fraction of sp³-hybridized carbons (Fsp3) is 0. The van der Waals surface area contributed by atoms with E-state index < -0.39 is 5.82 Å². The van der Waals surface area contributed by atoms with Crippen molar-refractivity contribution in [3.05, 3.63) is 18.3 Å². The van der Waals surface area contributed by atoms with Crippen LogP contribution < -0.4 is 5.73 Å². The number of rotatable bonds is 2. The van der Waals surface area contributed by atoms with Crippen molar-refractivity contribution in [2.24, 2.45) is 0 Å². The second-order valence-corrected chi connectivity index (χ2v) is 3.25. The molecule has 0 amide bonds. The van der Waals surface area contributed by atoms with Crippen LogP contribution >= 0.6 is 11.8 Å². The van der Waals surface area contributed by atoms with Gasteiger partial charge in [-0.05, 0) is 11.8 Å². The van der Waals surface area contributed by atoms with Gasteiger partial charge in [-0.25, -0.2) is 19.3 Å². The van der Waals surface area contributed by atoms with Crippen molar-refractivity contribution in [2.75, 3.05) is 5.73 Å². The Kier molecular flexibility index (Phi) is 2.27. The van der Waals surface area contributed by atoms with E-state index in [-0.39, 0.29) is 11.0 Å². The Morgan fingerprint density at radius 2 is 2.29 bits per heavy atom. The van der Waals surface area contributed by atoms with Crippen LogP contribution in [-0.4, -0.2) is 25.1 Å². The number of nitrogen functional groups attached to an aromatic ring is 1. The topological polar surface area (TPSA) is 93.4 Å². The maximum Gasteiger partial charge on any atom is 0.221 e. The molecule has 0 atom stereocenters. The zero-order chi connectivity index (χ0) is 9.97. The highest BCUT2D eigenvalue weighted by Gasteiger charge is 2.08. The Bertz CT molecular complexity index is 430. The summed E-state index contributed by atoms with van der Waals surface area (Å²) in [6.45, 7) is 0. The second kappa shape index (κ2) is 3.58. The van der Waals surface area contributed by atoms with Crippen LogP contribution in [0, 0.1) is 5.82 Å².